The topological polar surface area (TPSA) is 88.2 Å². The van der Waals surface area contributed by atoms with Gasteiger partial charge in [-0.15, -0.1) is 11.3 Å². The molecule has 1 saturated heterocycles. The first-order valence-electron chi connectivity index (χ1n) is 11.0. The van der Waals surface area contributed by atoms with Crippen LogP contribution in [0.1, 0.15) is 24.4 Å². The summed E-state index contributed by atoms with van der Waals surface area (Å²) in [6.45, 7) is 1.39. The molecule has 7 nitrogen and oxygen atoms in total. The Hall–Kier alpha value is -3.36. The fourth-order valence-electron chi connectivity index (χ4n) is 4.05. The third kappa shape index (κ3) is 5.02. The summed E-state index contributed by atoms with van der Waals surface area (Å²) in [6.07, 6.45) is 2.09. The first-order valence-corrected chi connectivity index (χ1v) is 11.9. The number of aromatic amines is 1. The Balaban J connectivity index is 1.36. The number of nitrogens with one attached hydrogen (secondary N) is 1. The highest BCUT2D eigenvalue weighted by Crippen LogP contribution is 2.24. The number of carbonyl (C=O) groups is 1. The second kappa shape index (κ2) is 9.64. The van der Waals surface area contributed by atoms with E-state index in [0.717, 1.165) is 29.1 Å². The van der Waals surface area contributed by atoms with E-state index in [1.165, 1.54) is 11.3 Å². The summed E-state index contributed by atoms with van der Waals surface area (Å²) in [7, 11) is 0. The molecule has 5 rings (SSSR count). The standard InChI is InChI=1S/C25H24N4O3S/c30-23(13-18-16-33-25(26-18)17-7-2-1-3-8-17)29(14-19-9-6-12-32-19)15-22-27-21-11-5-4-10-20(21)24(31)28-22/h1-5,7-8,10-11,16,19H,6,9,12-15H2,(H,27,28,31)/t19-/m0/s1. The lowest BCUT2D eigenvalue weighted by Gasteiger charge is -2.25. The number of carbonyl (C=O) groups excluding carboxylic acids is 1. The van der Waals surface area contributed by atoms with Crippen LogP contribution in [0.3, 0.4) is 0 Å². The summed E-state index contributed by atoms with van der Waals surface area (Å²) in [4.78, 5) is 39.6. The average molecular weight is 461 g/mol. The maximum absolute atomic E-state index is 13.3. The molecule has 0 saturated carbocycles. The van der Waals surface area contributed by atoms with E-state index in [2.05, 4.69) is 15.0 Å². The van der Waals surface area contributed by atoms with Crippen LogP contribution in [0.2, 0.25) is 0 Å². The van der Waals surface area contributed by atoms with Gasteiger partial charge in [0.05, 0.1) is 35.7 Å². The number of aromatic nitrogens is 3. The van der Waals surface area contributed by atoms with E-state index < -0.39 is 0 Å². The van der Waals surface area contributed by atoms with Gasteiger partial charge in [-0.3, -0.25) is 9.59 Å². The van der Waals surface area contributed by atoms with Crippen LogP contribution in [0.5, 0.6) is 0 Å². The van der Waals surface area contributed by atoms with Crippen molar-refractivity contribution in [3.8, 4) is 10.6 Å². The first-order chi connectivity index (χ1) is 16.2. The van der Waals surface area contributed by atoms with Gasteiger partial charge in [0.1, 0.15) is 10.8 Å². The van der Waals surface area contributed by atoms with Crippen molar-refractivity contribution < 1.29 is 9.53 Å². The van der Waals surface area contributed by atoms with Gasteiger partial charge >= 0.3 is 0 Å². The van der Waals surface area contributed by atoms with Gasteiger partial charge in [-0.2, -0.15) is 0 Å². The molecule has 1 aliphatic rings. The molecule has 1 atom stereocenters. The molecule has 168 valence electrons. The van der Waals surface area contributed by atoms with Gasteiger partial charge < -0.3 is 14.6 Å². The Kier molecular flexibility index (Phi) is 6.28. The number of H-pyrrole nitrogens is 1. The Morgan fingerprint density at radius 1 is 1.12 bits per heavy atom. The number of rotatable bonds is 7. The van der Waals surface area contributed by atoms with Crippen LogP contribution in [-0.2, 0) is 22.5 Å². The van der Waals surface area contributed by atoms with E-state index in [9.17, 15) is 9.59 Å². The van der Waals surface area contributed by atoms with Gasteiger partial charge in [-0.25, -0.2) is 9.97 Å². The molecule has 1 aliphatic heterocycles. The third-order valence-corrected chi connectivity index (χ3v) is 6.65. The van der Waals surface area contributed by atoms with Crippen LogP contribution in [0.15, 0.2) is 64.8 Å². The molecule has 1 fully saturated rings. The maximum Gasteiger partial charge on any atom is 0.258 e. The fraction of sp³-hybridized carbons (Fsp3) is 0.280. The first kappa shape index (κ1) is 21.5. The highest BCUT2D eigenvalue weighted by atomic mass is 32.1. The molecule has 1 amide bonds. The molecular weight excluding hydrogens is 436 g/mol. The molecule has 33 heavy (non-hydrogen) atoms. The average Bonchev–Trinajstić information content (AvgIpc) is 3.52. The summed E-state index contributed by atoms with van der Waals surface area (Å²) >= 11 is 1.53. The van der Waals surface area contributed by atoms with E-state index in [0.29, 0.717) is 29.9 Å². The zero-order valence-electron chi connectivity index (χ0n) is 18.1. The summed E-state index contributed by atoms with van der Waals surface area (Å²) in [5, 5.41) is 3.36. The molecule has 1 N–H and O–H groups in total. The van der Waals surface area contributed by atoms with Crippen molar-refractivity contribution in [2.75, 3.05) is 13.2 Å². The van der Waals surface area contributed by atoms with E-state index in [1.54, 1.807) is 17.0 Å². The van der Waals surface area contributed by atoms with E-state index >= 15 is 0 Å². The number of hydrogen-bond donors (Lipinski definition) is 1. The Labute approximate surface area is 195 Å². The molecule has 0 radical (unpaired) electrons. The van der Waals surface area contributed by atoms with Crippen molar-refractivity contribution in [3.05, 3.63) is 81.8 Å². The van der Waals surface area contributed by atoms with Crippen LogP contribution in [0.25, 0.3) is 21.5 Å². The monoisotopic (exact) mass is 460 g/mol. The van der Waals surface area contributed by atoms with Crippen LogP contribution in [-0.4, -0.2) is 45.0 Å². The van der Waals surface area contributed by atoms with Crippen molar-refractivity contribution in [2.45, 2.75) is 31.9 Å². The number of para-hydroxylation sites is 1. The maximum atomic E-state index is 13.3. The molecule has 2 aromatic heterocycles. The molecule has 0 bridgehead atoms. The van der Waals surface area contributed by atoms with Crippen molar-refractivity contribution in [3.63, 3.8) is 0 Å². The SMILES string of the molecule is O=C(Cc1csc(-c2ccccc2)n1)N(Cc1nc2ccccc2c(=O)[nH]1)C[C@@H]1CCCO1. The Morgan fingerprint density at radius 3 is 2.76 bits per heavy atom. The molecule has 8 heteroatoms. The molecular formula is C25H24N4O3S. The fourth-order valence-corrected chi connectivity index (χ4v) is 4.87. The third-order valence-electron chi connectivity index (χ3n) is 5.71. The zero-order valence-corrected chi connectivity index (χ0v) is 18.9. The van der Waals surface area contributed by atoms with Crippen LogP contribution in [0, 0.1) is 0 Å². The largest absolute Gasteiger partial charge is 0.376 e. The smallest absolute Gasteiger partial charge is 0.258 e. The van der Waals surface area contributed by atoms with Gasteiger partial charge in [-0.05, 0) is 25.0 Å². The zero-order chi connectivity index (χ0) is 22.6. The van der Waals surface area contributed by atoms with Crippen LogP contribution >= 0.6 is 11.3 Å². The summed E-state index contributed by atoms with van der Waals surface area (Å²) in [5.41, 5.74) is 2.19. The van der Waals surface area contributed by atoms with Crippen molar-refractivity contribution in [2.24, 2.45) is 0 Å². The number of nitrogens with zero attached hydrogens (tertiary/aromatic N) is 3. The second-order valence-corrected chi connectivity index (χ2v) is 8.98. The lowest BCUT2D eigenvalue weighted by Crippen LogP contribution is -2.38. The Morgan fingerprint density at radius 2 is 1.94 bits per heavy atom. The van der Waals surface area contributed by atoms with Gasteiger partial charge in [0.2, 0.25) is 5.91 Å². The number of ether oxygens (including phenoxy) is 1. The lowest BCUT2D eigenvalue weighted by atomic mass is 10.2. The number of hydrogen-bond acceptors (Lipinski definition) is 6. The number of amides is 1. The minimum Gasteiger partial charge on any atom is -0.376 e. The molecule has 0 unspecified atom stereocenters. The van der Waals surface area contributed by atoms with Gasteiger partial charge in [0.15, 0.2) is 0 Å². The normalized spacial score (nSPS) is 15.7. The number of benzene rings is 2. The highest BCUT2D eigenvalue weighted by Gasteiger charge is 2.24. The molecule has 0 spiro atoms. The highest BCUT2D eigenvalue weighted by molar-refractivity contribution is 7.13. The van der Waals surface area contributed by atoms with E-state index in [1.807, 2.05) is 47.8 Å². The van der Waals surface area contributed by atoms with E-state index in [-0.39, 0.29) is 30.5 Å². The number of thiazole rings is 1. The predicted octanol–water partition coefficient (Wildman–Crippen LogP) is 3.80. The summed E-state index contributed by atoms with van der Waals surface area (Å²) in [6, 6.07) is 17.1. The second-order valence-electron chi connectivity index (χ2n) is 8.13. The summed E-state index contributed by atoms with van der Waals surface area (Å²) < 4.78 is 5.78. The molecule has 0 aliphatic carbocycles. The van der Waals surface area contributed by atoms with Crippen LogP contribution in [0.4, 0.5) is 0 Å². The predicted molar refractivity (Wildman–Crippen MR) is 128 cm³/mol. The van der Waals surface area contributed by atoms with E-state index in [4.69, 9.17) is 4.74 Å². The molecule has 4 aromatic rings. The minimum absolute atomic E-state index is 0.00329. The van der Waals surface area contributed by atoms with Crippen molar-refractivity contribution in [1.82, 2.24) is 19.9 Å². The summed E-state index contributed by atoms with van der Waals surface area (Å²) in [5.74, 6) is 0.402. The number of fused-ring (bicyclic) bond motifs is 1. The van der Waals surface area contributed by atoms with Crippen LogP contribution < -0.4 is 5.56 Å². The van der Waals surface area contributed by atoms with Gasteiger partial charge in [0, 0.05) is 24.1 Å². The van der Waals surface area contributed by atoms with Crippen molar-refractivity contribution >= 4 is 28.1 Å². The van der Waals surface area contributed by atoms with Crippen molar-refractivity contribution in [1.29, 1.82) is 0 Å². The van der Waals surface area contributed by atoms with Gasteiger partial charge in [-0.1, -0.05) is 42.5 Å². The quantitative estimate of drug-likeness (QED) is 0.453. The molecule has 2 aromatic carbocycles. The molecule has 3 heterocycles. The minimum atomic E-state index is -0.202. The van der Waals surface area contributed by atoms with Gasteiger partial charge in [0.25, 0.3) is 5.56 Å². The Bertz CT molecular complexity index is 1310. The lowest BCUT2D eigenvalue weighted by molar-refractivity contribution is -0.132.